The van der Waals surface area contributed by atoms with Crippen LogP contribution in [0.1, 0.15) is 0 Å². The summed E-state index contributed by atoms with van der Waals surface area (Å²) < 4.78 is 4.25. The van der Waals surface area contributed by atoms with Crippen LogP contribution in [-0.4, -0.2) is 14.3 Å². The van der Waals surface area contributed by atoms with Crippen molar-refractivity contribution in [2.45, 2.75) is 0 Å². The van der Waals surface area contributed by atoms with E-state index in [1.165, 1.54) is 0 Å². The molecular weight excluding hydrogens is 373 g/mol. The zero-order chi connectivity index (χ0) is 19.6. The van der Waals surface area contributed by atoms with Gasteiger partial charge in [0.15, 0.2) is 0 Å². The Morgan fingerprint density at radius 2 is 1.21 bits per heavy atom. The molecule has 0 radical (unpaired) electrons. The quantitative estimate of drug-likeness (QED) is 0.370. The Balaban J connectivity index is 1.90. The van der Waals surface area contributed by atoms with E-state index in [1.54, 1.807) is 0 Å². The van der Waals surface area contributed by atoms with E-state index in [-0.39, 0.29) is 0 Å². The van der Waals surface area contributed by atoms with Crippen LogP contribution in [0.4, 0.5) is 0 Å². The molecule has 0 aliphatic heterocycles. The summed E-state index contributed by atoms with van der Waals surface area (Å²) >= 11 is 0. The van der Waals surface area contributed by atoms with E-state index >= 15 is 0 Å². The van der Waals surface area contributed by atoms with Crippen molar-refractivity contribution >= 4 is 14.7 Å². The third kappa shape index (κ3) is 3.20. The third-order valence-electron chi connectivity index (χ3n) is 4.98. The molecule has 3 aromatic carbocycles. The largest absolute Gasteiger partial charge is 0.313 e. The van der Waals surface area contributed by atoms with Gasteiger partial charge in [0, 0.05) is 22.8 Å². The zero-order valence-corrected chi connectivity index (χ0v) is 17.0. The topological polar surface area (TPSA) is 22.8 Å². The van der Waals surface area contributed by atoms with E-state index < -0.39 is 0 Å². The fraction of sp³-hybridized carbons (Fsp3) is 0. The van der Waals surface area contributed by atoms with Gasteiger partial charge in [-0.15, -0.1) is 0 Å². The average Bonchev–Trinajstić information content (AvgIpc) is 3.39. The number of nitrogens with zero attached hydrogens (tertiary/aromatic N) is 3. The van der Waals surface area contributed by atoms with Crippen molar-refractivity contribution in [3.8, 4) is 33.9 Å². The maximum atomic E-state index is 5.11. The Labute approximate surface area is 172 Å². The van der Waals surface area contributed by atoms with Crippen molar-refractivity contribution in [1.29, 1.82) is 0 Å². The summed E-state index contributed by atoms with van der Waals surface area (Å²) in [6, 6.07) is 35.3. The Bertz CT molecular complexity index is 1240. The van der Waals surface area contributed by atoms with Gasteiger partial charge < -0.3 is 4.57 Å². The van der Waals surface area contributed by atoms with Gasteiger partial charge in [0.2, 0.25) is 0 Å². The highest BCUT2D eigenvalue weighted by Gasteiger charge is 2.23. The van der Waals surface area contributed by atoms with Crippen LogP contribution in [-0.2, 0) is 0 Å². The standard InChI is InChI=1S/C25H20N3P/c29-22-17-10-18-27(22)25-23(19-11-4-1-5-12-19)26-28(21-15-8-3-9-16-21)24(25)20-13-6-2-7-14-20/h1-18H,29H2. The molecule has 0 saturated heterocycles. The Morgan fingerprint density at radius 3 is 1.79 bits per heavy atom. The molecule has 0 saturated carbocycles. The Kier molecular flexibility index (Phi) is 4.59. The molecule has 0 N–H and O–H groups in total. The van der Waals surface area contributed by atoms with Crippen molar-refractivity contribution in [3.63, 3.8) is 0 Å². The predicted molar refractivity (Wildman–Crippen MR) is 123 cm³/mol. The van der Waals surface area contributed by atoms with Crippen LogP contribution >= 0.6 is 9.24 Å². The maximum absolute atomic E-state index is 5.11. The van der Waals surface area contributed by atoms with Crippen molar-refractivity contribution < 1.29 is 0 Å². The van der Waals surface area contributed by atoms with Crippen molar-refractivity contribution in [1.82, 2.24) is 14.3 Å². The van der Waals surface area contributed by atoms with Crippen LogP contribution < -0.4 is 5.44 Å². The maximum Gasteiger partial charge on any atom is 0.117 e. The summed E-state index contributed by atoms with van der Waals surface area (Å²) in [5.74, 6) is 0. The van der Waals surface area contributed by atoms with Gasteiger partial charge in [-0.2, -0.15) is 5.10 Å². The van der Waals surface area contributed by atoms with E-state index in [0.29, 0.717) is 0 Å². The van der Waals surface area contributed by atoms with E-state index in [9.17, 15) is 0 Å². The number of benzene rings is 3. The van der Waals surface area contributed by atoms with Crippen LogP contribution in [0.5, 0.6) is 0 Å². The van der Waals surface area contributed by atoms with Crippen molar-refractivity contribution in [2.75, 3.05) is 0 Å². The molecule has 0 amide bonds. The number of hydrogen-bond acceptors (Lipinski definition) is 1. The van der Waals surface area contributed by atoms with Crippen molar-refractivity contribution in [3.05, 3.63) is 109 Å². The first kappa shape index (κ1) is 17.7. The molecule has 0 fully saturated rings. The molecule has 1 atom stereocenters. The second-order valence-electron chi connectivity index (χ2n) is 6.83. The van der Waals surface area contributed by atoms with Crippen LogP contribution in [0.25, 0.3) is 33.9 Å². The molecule has 0 aliphatic carbocycles. The van der Waals surface area contributed by atoms with Crippen molar-refractivity contribution in [2.24, 2.45) is 0 Å². The van der Waals surface area contributed by atoms with Crippen LogP contribution in [0.2, 0.25) is 0 Å². The van der Waals surface area contributed by atoms with Gasteiger partial charge in [-0.3, -0.25) is 0 Å². The molecule has 2 heterocycles. The fourth-order valence-electron chi connectivity index (χ4n) is 3.64. The summed E-state index contributed by atoms with van der Waals surface area (Å²) in [6.07, 6.45) is 2.09. The van der Waals surface area contributed by atoms with E-state index in [0.717, 1.165) is 39.3 Å². The van der Waals surface area contributed by atoms with E-state index in [1.807, 2.05) is 30.3 Å². The minimum Gasteiger partial charge on any atom is -0.313 e. The first-order valence-electron chi connectivity index (χ1n) is 9.55. The molecule has 140 valence electrons. The summed E-state index contributed by atoms with van der Waals surface area (Å²) in [7, 11) is 2.83. The second kappa shape index (κ2) is 7.54. The highest BCUT2D eigenvalue weighted by atomic mass is 31.0. The van der Waals surface area contributed by atoms with Gasteiger partial charge in [-0.1, -0.05) is 88.1 Å². The summed E-state index contributed by atoms with van der Waals surface area (Å²) in [6.45, 7) is 0. The molecule has 0 aliphatic rings. The average molecular weight is 393 g/mol. The highest BCUT2D eigenvalue weighted by molar-refractivity contribution is 7.27. The summed E-state index contributed by atoms with van der Waals surface area (Å²) in [5, 5.41) is 5.11. The molecule has 1 unspecified atom stereocenters. The SMILES string of the molecule is Pc1cccn1-c1c(-c2ccccc2)nn(-c2ccccc2)c1-c1ccccc1. The van der Waals surface area contributed by atoms with Crippen LogP contribution in [0, 0.1) is 0 Å². The molecule has 5 rings (SSSR count). The lowest BCUT2D eigenvalue weighted by Gasteiger charge is -2.12. The van der Waals surface area contributed by atoms with Crippen LogP contribution in [0.15, 0.2) is 109 Å². The Morgan fingerprint density at radius 1 is 0.621 bits per heavy atom. The summed E-state index contributed by atoms with van der Waals surface area (Å²) in [5.41, 5.74) is 7.43. The minimum absolute atomic E-state index is 0.952. The molecule has 0 spiro atoms. The second-order valence-corrected chi connectivity index (χ2v) is 7.42. The van der Waals surface area contributed by atoms with Gasteiger partial charge in [-0.25, -0.2) is 4.68 Å². The van der Waals surface area contributed by atoms with Gasteiger partial charge in [0.05, 0.1) is 11.4 Å². The molecule has 5 aromatic rings. The molecule has 0 bridgehead atoms. The molecule has 2 aromatic heterocycles. The lowest BCUT2D eigenvalue weighted by atomic mass is 10.1. The highest BCUT2D eigenvalue weighted by Crippen LogP contribution is 2.37. The monoisotopic (exact) mass is 393 g/mol. The fourth-order valence-corrected chi connectivity index (χ4v) is 3.96. The lowest BCUT2D eigenvalue weighted by Crippen LogP contribution is -2.08. The number of para-hydroxylation sites is 1. The molecule has 4 heteroatoms. The first-order chi connectivity index (χ1) is 14.3. The van der Waals surface area contributed by atoms with Gasteiger partial charge in [0.25, 0.3) is 0 Å². The smallest absolute Gasteiger partial charge is 0.117 e. The molecule has 3 nitrogen and oxygen atoms in total. The van der Waals surface area contributed by atoms with Gasteiger partial charge in [-0.05, 0) is 24.3 Å². The number of rotatable bonds is 4. The van der Waals surface area contributed by atoms with Crippen LogP contribution in [0.3, 0.4) is 0 Å². The Hall–Kier alpha value is -3.42. The number of aromatic nitrogens is 3. The third-order valence-corrected chi connectivity index (χ3v) is 5.45. The predicted octanol–water partition coefficient (Wildman–Crippen LogP) is 5.50. The number of hydrogen-bond donors (Lipinski definition) is 0. The lowest BCUT2D eigenvalue weighted by molar-refractivity contribution is 0.891. The molecular formula is C25H20N3P. The normalized spacial score (nSPS) is 10.9. The van der Waals surface area contributed by atoms with E-state index in [4.69, 9.17) is 5.10 Å². The minimum atomic E-state index is 0.952. The van der Waals surface area contributed by atoms with E-state index in [2.05, 4.69) is 97.5 Å². The van der Waals surface area contributed by atoms with Gasteiger partial charge in [0.1, 0.15) is 11.4 Å². The summed E-state index contributed by atoms with van der Waals surface area (Å²) in [4.78, 5) is 0. The van der Waals surface area contributed by atoms with Gasteiger partial charge >= 0.3 is 0 Å². The molecule has 29 heavy (non-hydrogen) atoms. The zero-order valence-electron chi connectivity index (χ0n) is 15.8. The first-order valence-corrected chi connectivity index (χ1v) is 10.1.